The van der Waals surface area contributed by atoms with E-state index >= 15 is 0 Å². The van der Waals surface area contributed by atoms with Crippen LogP contribution in [0.15, 0.2) is 18.3 Å². The fourth-order valence-electron chi connectivity index (χ4n) is 3.20. The lowest BCUT2D eigenvalue weighted by atomic mass is 9.99. The number of nitrogens with zero attached hydrogens (tertiary/aromatic N) is 5. The summed E-state index contributed by atoms with van der Waals surface area (Å²) in [6, 6.07) is 4.12. The molecule has 2 aromatic rings. The van der Waals surface area contributed by atoms with Crippen molar-refractivity contribution in [3.05, 3.63) is 29.5 Å². The van der Waals surface area contributed by atoms with Crippen LogP contribution in [0.3, 0.4) is 0 Å². The minimum absolute atomic E-state index is 0.573. The molecule has 0 saturated carbocycles. The molecule has 0 spiro atoms. The molecule has 0 fully saturated rings. The smallest absolute Gasteiger partial charge is 0.244 e. The predicted octanol–water partition coefficient (Wildman–Crippen LogP) is 1.82. The summed E-state index contributed by atoms with van der Waals surface area (Å²) < 4.78 is 10.8. The van der Waals surface area contributed by atoms with Crippen LogP contribution < -0.4 is 19.7 Å². The van der Waals surface area contributed by atoms with E-state index in [2.05, 4.69) is 56.5 Å². The van der Waals surface area contributed by atoms with Gasteiger partial charge in [0.15, 0.2) is 17.3 Å². The third kappa shape index (κ3) is 4.77. The number of aromatic nitrogens is 3. The quantitative estimate of drug-likeness (QED) is 0.703. The molecule has 27 heavy (non-hydrogen) atoms. The van der Waals surface area contributed by atoms with Gasteiger partial charge in [0.25, 0.3) is 0 Å². The number of hydrogen-bond acceptors (Lipinski definition) is 8. The van der Waals surface area contributed by atoms with Crippen LogP contribution in [0.1, 0.15) is 17.5 Å². The van der Waals surface area contributed by atoms with Crippen LogP contribution in [-0.2, 0) is 13.0 Å². The summed E-state index contributed by atoms with van der Waals surface area (Å²) in [4.78, 5) is 9.01. The van der Waals surface area contributed by atoms with Gasteiger partial charge in [-0.3, -0.25) is 0 Å². The Hall–Kier alpha value is -2.61. The van der Waals surface area contributed by atoms with Crippen molar-refractivity contribution in [3.63, 3.8) is 0 Å². The minimum atomic E-state index is 0.573. The first-order valence-electron chi connectivity index (χ1n) is 9.17. The number of benzene rings is 1. The molecule has 0 aliphatic carbocycles. The van der Waals surface area contributed by atoms with Gasteiger partial charge in [-0.2, -0.15) is 10.1 Å². The van der Waals surface area contributed by atoms with Crippen LogP contribution in [-0.4, -0.2) is 68.0 Å². The number of ether oxygens (including phenoxy) is 2. The summed E-state index contributed by atoms with van der Waals surface area (Å²) in [7, 11) is 7.46. The number of rotatable bonds is 8. The highest BCUT2D eigenvalue weighted by molar-refractivity contribution is 5.52. The van der Waals surface area contributed by atoms with Crippen molar-refractivity contribution in [2.24, 2.45) is 0 Å². The number of hydrogen-bond donors (Lipinski definition) is 1. The lowest BCUT2D eigenvalue weighted by molar-refractivity contribution is 0.353. The Bertz CT molecular complexity index is 768. The lowest BCUT2D eigenvalue weighted by Crippen LogP contribution is -2.31. The first-order valence-corrected chi connectivity index (χ1v) is 9.17. The van der Waals surface area contributed by atoms with Crippen molar-refractivity contribution >= 4 is 11.8 Å². The van der Waals surface area contributed by atoms with Crippen LogP contribution in [0.5, 0.6) is 11.5 Å². The molecule has 8 nitrogen and oxygen atoms in total. The fraction of sp³-hybridized carbons (Fsp3) is 0.526. The molecular formula is C19H28N6O2. The van der Waals surface area contributed by atoms with E-state index < -0.39 is 0 Å². The van der Waals surface area contributed by atoms with Gasteiger partial charge in [-0.05, 0) is 56.7 Å². The number of fused-ring (bicyclic) bond motifs is 1. The maximum absolute atomic E-state index is 5.44. The van der Waals surface area contributed by atoms with Crippen molar-refractivity contribution in [2.75, 3.05) is 58.2 Å². The molecule has 0 atom stereocenters. The highest BCUT2D eigenvalue weighted by Gasteiger charge is 2.21. The van der Waals surface area contributed by atoms with Crippen LogP contribution in [0.25, 0.3) is 0 Å². The molecule has 0 radical (unpaired) electrons. The van der Waals surface area contributed by atoms with Crippen LogP contribution in [0, 0.1) is 0 Å². The molecule has 1 aliphatic heterocycles. The number of methoxy groups -OCH3 is 2. The first-order chi connectivity index (χ1) is 13.1. The fourth-order valence-corrected chi connectivity index (χ4v) is 3.20. The third-order valence-corrected chi connectivity index (χ3v) is 4.65. The second-order valence-corrected chi connectivity index (χ2v) is 6.87. The summed E-state index contributed by atoms with van der Waals surface area (Å²) in [6.45, 7) is 3.48. The first kappa shape index (κ1) is 19.2. The van der Waals surface area contributed by atoms with E-state index in [1.54, 1.807) is 20.4 Å². The van der Waals surface area contributed by atoms with Gasteiger partial charge in [-0.15, -0.1) is 5.10 Å². The summed E-state index contributed by atoms with van der Waals surface area (Å²) in [6.07, 6.45) is 3.67. The Morgan fingerprint density at radius 3 is 2.59 bits per heavy atom. The molecule has 146 valence electrons. The molecule has 2 heterocycles. The largest absolute Gasteiger partial charge is 0.493 e. The zero-order valence-corrected chi connectivity index (χ0v) is 16.5. The molecule has 1 aromatic heterocycles. The molecule has 0 bridgehead atoms. The third-order valence-electron chi connectivity index (χ3n) is 4.65. The van der Waals surface area contributed by atoms with E-state index in [0.29, 0.717) is 5.95 Å². The lowest BCUT2D eigenvalue weighted by Gasteiger charge is -2.30. The van der Waals surface area contributed by atoms with Crippen molar-refractivity contribution in [3.8, 4) is 11.5 Å². The highest BCUT2D eigenvalue weighted by Crippen LogP contribution is 2.34. The van der Waals surface area contributed by atoms with Crippen LogP contribution >= 0.6 is 0 Å². The predicted molar refractivity (Wildman–Crippen MR) is 106 cm³/mol. The average Bonchev–Trinajstić information content (AvgIpc) is 2.69. The van der Waals surface area contributed by atoms with Crippen molar-refractivity contribution < 1.29 is 9.47 Å². The molecule has 1 N–H and O–H groups in total. The van der Waals surface area contributed by atoms with Gasteiger partial charge in [0.2, 0.25) is 5.95 Å². The van der Waals surface area contributed by atoms with Crippen molar-refractivity contribution in [1.29, 1.82) is 0 Å². The topological polar surface area (TPSA) is 75.6 Å². The second kappa shape index (κ2) is 8.85. The summed E-state index contributed by atoms with van der Waals surface area (Å²) in [5.41, 5.74) is 2.51. The van der Waals surface area contributed by atoms with E-state index in [9.17, 15) is 0 Å². The van der Waals surface area contributed by atoms with Gasteiger partial charge in [0.1, 0.15) is 0 Å². The Balaban J connectivity index is 1.69. The van der Waals surface area contributed by atoms with Gasteiger partial charge >= 0.3 is 0 Å². The van der Waals surface area contributed by atoms with Gasteiger partial charge in [0, 0.05) is 19.6 Å². The Morgan fingerprint density at radius 1 is 1.15 bits per heavy atom. The zero-order chi connectivity index (χ0) is 19.2. The van der Waals surface area contributed by atoms with Crippen LogP contribution in [0.2, 0.25) is 0 Å². The van der Waals surface area contributed by atoms with Gasteiger partial charge in [0.05, 0.1) is 20.4 Å². The van der Waals surface area contributed by atoms with E-state index in [1.165, 1.54) is 11.1 Å². The number of nitrogens with one attached hydrogen (secondary N) is 1. The standard InChI is InChI=1S/C19H28N6O2/c1-24(2)8-5-7-20-19-22-18(12-21-23-19)25-9-6-14-10-16(26-3)17(27-4)11-15(14)13-25/h10-12H,5-9,13H2,1-4H3,(H,20,22,23). The molecule has 0 unspecified atom stereocenters. The normalized spacial score (nSPS) is 13.4. The summed E-state index contributed by atoms with van der Waals surface area (Å²) >= 11 is 0. The molecule has 0 saturated heterocycles. The maximum atomic E-state index is 5.44. The SMILES string of the molecule is COc1cc2c(cc1OC)CN(c1cnnc(NCCCN(C)C)n1)CC2. The summed E-state index contributed by atoms with van der Waals surface area (Å²) in [5, 5.41) is 11.5. The number of anilines is 2. The van der Waals surface area contributed by atoms with Gasteiger partial charge in [-0.1, -0.05) is 0 Å². The van der Waals surface area contributed by atoms with E-state index in [0.717, 1.165) is 56.3 Å². The van der Waals surface area contributed by atoms with Crippen LogP contribution in [0.4, 0.5) is 11.8 Å². The monoisotopic (exact) mass is 372 g/mol. The molecule has 1 aromatic carbocycles. The second-order valence-electron chi connectivity index (χ2n) is 6.87. The molecule has 0 amide bonds. The summed E-state index contributed by atoms with van der Waals surface area (Å²) in [5.74, 6) is 2.93. The molecule has 1 aliphatic rings. The van der Waals surface area contributed by atoms with Gasteiger partial charge in [-0.25, -0.2) is 0 Å². The van der Waals surface area contributed by atoms with E-state index in [-0.39, 0.29) is 0 Å². The molecular weight excluding hydrogens is 344 g/mol. The highest BCUT2D eigenvalue weighted by atomic mass is 16.5. The van der Waals surface area contributed by atoms with E-state index in [1.807, 2.05) is 0 Å². The maximum Gasteiger partial charge on any atom is 0.244 e. The van der Waals surface area contributed by atoms with Crippen molar-refractivity contribution in [1.82, 2.24) is 20.1 Å². The zero-order valence-electron chi connectivity index (χ0n) is 16.5. The molecule has 3 rings (SSSR count). The average molecular weight is 372 g/mol. The molecule has 8 heteroatoms. The van der Waals surface area contributed by atoms with Gasteiger partial charge < -0.3 is 24.6 Å². The van der Waals surface area contributed by atoms with Crippen molar-refractivity contribution in [2.45, 2.75) is 19.4 Å². The van der Waals surface area contributed by atoms with E-state index in [4.69, 9.17) is 9.47 Å². The Morgan fingerprint density at radius 2 is 1.89 bits per heavy atom. The Labute approximate surface area is 160 Å². The Kier molecular flexibility index (Phi) is 6.28. The minimum Gasteiger partial charge on any atom is -0.493 e.